The summed E-state index contributed by atoms with van der Waals surface area (Å²) in [5, 5.41) is 5.19. The number of thiazole rings is 1. The second kappa shape index (κ2) is 5.18. The molecule has 1 unspecified atom stereocenters. The molecule has 0 bridgehead atoms. The summed E-state index contributed by atoms with van der Waals surface area (Å²) in [7, 11) is 0. The molecule has 4 heteroatoms. The van der Waals surface area contributed by atoms with E-state index in [1.807, 2.05) is 18.4 Å². The van der Waals surface area contributed by atoms with E-state index < -0.39 is 0 Å². The first kappa shape index (κ1) is 11.2. The van der Waals surface area contributed by atoms with Gasteiger partial charge < -0.3 is 5.32 Å². The van der Waals surface area contributed by atoms with Gasteiger partial charge >= 0.3 is 0 Å². The summed E-state index contributed by atoms with van der Waals surface area (Å²) in [6.07, 6.45) is 0. The Kier molecular flexibility index (Phi) is 3.64. The van der Waals surface area contributed by atoms with Gasteiger partial charge in [0.25, 0.3) is 0 Å². The van der Waals surface area contributed by atoms with Crippen LogP contribution in [0.4, 0.5) is 4.39 Å². The quantitative estimate of drug-likeness (QED) is 0.882. The number of benzene rings is 1. The van der Waals surface area contributed by atoms with Gasteiger partial charge in [-0.2, -0.15) is 0 Å². The molecule has 1 N–H and O–H groups in total. The van der Waals surface area contributed by atoms with Crippen molar-refractivity contribution in [3.8, 4) is 0 Å². The first-order valence-corrected chi connectivity index (χ1v) is 6.13. The van der Waals surface area contributed by atoms with Crippen LogP contribution in [0.1, 0.15) is 24.2 Å². The largest absolute Gasteiger partial charge is 0.305 e. The first-order valence-electron chi connectivity index (χ1n) is 5.18. The van der Waals surface area contributed by atoms with Crippen molar-refractivity contribution in [3.05, 3.63) is 52.2 Å². The highest BCUT2D eigenvalue weighted by molar-refractivity contribution is 7.07. The molecule has 0 fully saturated rings. The zero-order valence-electron chi connectivity index (χ0n) is 8.98. The van der Waals surface area contributed by atoms with Crippen LogP contribution in [0.3, 0.4) is 0 Å². The fourth-order valence-corrected chi connectivity index (χ4v) is 2.23. The minimum absolute atomic E-state index is 0.155. The van der Waals surface area contributed by atoms with Gasteiger partial charge in [0.05, 0.1) is 17.2 Å². The Hall–Kier alpha value is -1.26. The van der Waals surface area contributed by atoms with Crippen LogP contribution in [0.2, 0.25) is 0 Å². The maximum atomic E-state index is 13.7. The minimum atomic E-state index is -0.193. The Labute approximate surface area is 98.2 Å². The number of nitrogens with zero attached hydrogens (tertiary/aromatic N) is 1. The first-order chi connectivity index (χ1) is 7.83. The molecule has 2 aromatic rings. The van der Waals surface area contributed by atoms with E-state index in [4.69, 9.17) is 0 Å². The predicted molar refractivity (Wildman–Crippen MR) is 64.0 cm³/mol. The zero-order valence-corrected chi connectivity index (χ0v) is 9.80. The number of nitrogens with one attached hydrogen (secondary N) is 1. The van der Waals surface area contributed by atoms with Crippen LogP contribution in [0.25, 0.3) is 0 Å². The van der Waals surface area contributed by atoms with E-state index >= 15 is 0 Å². The highest BCUT2D eigenvalue weighted by Crippen LogP contribution is 2.23. The van der Waals surface area contributed by atoms with Crippen molar-refractivity contribution in [1.82, 2.24) is 10.3 Å². The van der Waals surface area contributed by atoms with Gasteiger partial charge in [0, 0.05) is 10.9 Å². The number of halogens is 1. The molecule has 0 spiro atoms. The van der Waals surface area contributed by atoms with Crippen LogP contribution in [0, 0.1) is 5.82 Å². The van der Waals surface area contributed by atoms with Gasteiger partial charge in [-0.1, -0.05) is 25.1 Å². The molecule has 1 heterocycles. The third-order valence-electron chi connectivity index (χ3n) is 2.37. The van der Waals surface area contributed by atoms with E-state index in [1.165, 1.54) is 17.4 Å². The highest BCUT2D eigenvalue weighted by Gasteiger charge is 2.17. The second-order valence-electron chi connectivity index (χ2n) is 3.43. The SMILES string of the molecule is CCNC(c1cscn1)c1ccccc1F. The molecule has 1 atom stereocenters. The molecule has 2 rings (SSSR count). The Morgan fingerprint density at radius 3 is 2.88 bits per heavy atom. The lowest BCUT2D eigenvalue weighted by Gasteiger charge is -2.16. The maximum Gasteiger partial charge on any atom is 0.128 e. The van der Waals surface area contributed by atoms with Gasteiger partial charge in [-0.05, 0) is 12.6 Å². The zero-order chi connectivity index (χ0) is 11.4. The van der Waals surface area contributed by atoms with Crippen molar-refractivity contribution in [1.29, 1.82) is 0 Å². The van der Waals surface area contributed by atoms with Crippen molar-refractivity contribution in [2.75, 3.05) is 6.54 Å². The molecule has 0 saturated carbocycles. The molecule has 0 aliphatic heterocycles. The molecule has 16 heavy (non-hydrogen) atoms. The average Bonchev–Trinajstić information content (AvgIpc) is 2.80. The summed E-state index contributed by atoms with van der Waals surface area (Å²) >= 11 is 1.52. The molecule has 1 aromatic heterocycles. The third kappa shape index (κ3) is 2.28. The summed E-state index contributed by atoms with van der Waals surface area (Å²) in [4.78, 5) is 4.24. The van der Waals surface area contributed by atoms with Gasteiger partial charge in [0.2, 0.25) is 0 Å². The van der Waals surface area contributed by atoms with Crippen molar-refractivity contribution in [2.24, 2.45) is 0 Å². The van der Waals surface area contributed by atoms with Gasteiger partial charge in [-0.3, -0.25) is 0 Å². The molecule has 0 radical (unpaired) electrons. The minimum Gasteiger partial charge on any atom is -0.305 e. The van der Waals surface area contributed by atoms with Crippen LogP contribution in [-0.4, -0.2) is 11.5 Å². The standard InChI is InChI=1S/C12H13FN2S/c1-2-14-12(11-7-16-8-15-11)9-5-3-4-6-10(9)13/h3-8,12,14H,2H2,1H3. The summed E-state index contributed by atoms with van der Waals surface area (Å²) in [6, 6.07) is 6.66. The fourth-order valence-electron chi connectivity index (χ4n) is 1.65. The summed E-state index contributed by atoms with van der Waals surface area (Å²) in [6.45, 7) is 2.77. The molecule has 1 aromatic carbocycles. The smallest absolute Gasteiger partial charge is 0.128 e. The van der Waals surface area contributed by atoms with E-state index in [0.717, 1.165) is 12.2 Å². The van der Waals surface area contributed by atoms with Crippen LogP contribution < -0.4 is 5.32 Å². The molecule has 0 aliphatic rings. The maximum absolute atomic E-state index is 13.7. The molecular weight excluding hydrogens is 223 g/mol. The second-order valence-corrected chi connectivity index (χ2v) is 4.14. The van der Waals surface area contributed by atoms with E-state index in [1.54, 1.807) is 17.6 Å². The van der Waals surface area contributed by atoms with E-state index in [0.29, 0.717) is 5.56 Å². The van der Waals surface area contributed by atoms with Crippen molar-refractivity contribution in [2.45, 2.75) is 13.0 Å². The van der Waals surface area contributed by atoms with Gasteiger partial charge in [-0.15, -0.1) is 11.3 Å². The molecule has 0 amide bonds. The lowest BCUT2D eigenvalue weighted by molar-refractivity contribution is 0.553. The monoisotopic (exact) mass is 236 g/mol. The van der Waals surface area contributed by atoms with Crippen LogP contribution >= 0.6 is 11.3 Å². The Bertz CT molecular complexity index is 442. The van der Waals surface area contributed by atoms with Gasteiger partial charge in [0.1, 0.15) is 5.82 Å². The molecule has 84 valence electrons. The van der Waals surface area contributed by atoms with E-state index in [2.05, 4.69) is 10.3 Å². The molecular formula is C12H13FN2S. The number of hydrogen-bond acceptors (Lipinski definition) is 3. The van der Waals surface area contributed by atoms with Gasteiger partial charge in [-0.25, -0.2) is 9.37 Å². The summed E-state index contributed by atoms with van der Waals surface area (Å²) in [5.74, 6) is -0.193. The van der Waals surface area contributed by atoms with Crippen LogP contribution in [0.5, 0.6) is 0 Å². The van der Waals surface area contributed by atoms with E-state index in [-0.39, 0.29) is 11.9 Å². The fraction of sp³-hybridized carbons (Fsp3) is 0.250. The number of hydrogen-bond donors (Lipinski definition) is 1. The normalized spacial score (nSPS) is 12.6. The molecule has 0 aliphatic carbocycles. The Morgan fingerprint density at radius 1 is 1.44 bits per heavy atom. The van der Waals surface area contributed by atoms with Crippen molar-refractivity contribution in [3.63, 3.8) is 0 Å². The molecule has 2 nitrogen and oxygen atoms in total. The molecule has 0 saturated heterocycles. The van der Waals surface area contributed by atoms with Crippen molar-refractivity contribution >= 4 is 11.3 Å². The Balaban J connectivity index is 2.37. The summed E-state index contributed by atoms with van der Waals surface area (Å²) in [5.41, 5.74) is 3.28. The number of aromatic nitrogens is 1. The lowest BCUT2D eigenvalue weighted by Crippen LogP contribution is -2.23. The van der Waals surface area contributed by atoms with E-state index in [9.17, 15) is 4.39 Å². The predicted octanol–water partition coefficient (Wildman–Crippen LogP) is 2.98. The average molecular weight is 236 g/mol. The topological polar surface area (TPSA) is 24.9 Å². The van der Waals surface area contributed by atoms with Gasteiger partial charge in [0.15, 0.2) is 0 Å². The lowest BCUT2D eigenvalue weighted by atomic mass is 10.0. The summed E-state index contributed by atoms with van der Waals surface area (Å²) < 4.78 is 13.7. The van der Waals surface area contributed by atoms with Crippen molar-refractivity contribution < 1.29 is 4.39 Å². The van der Waals surface area contributed by atoms with Crippen LogP contribution in [0.15, 0.2) is 35.2 Å². The number of rotatable bonds is 4. The third-order valence-corrected chi connectivity index (χ3v) is 2.98. The van der Waals surface area contributed by atoms with Crippen LogP contribution in [-0.2, 0) is 0 Å². The highest BCUT2D eigenvalue weighted by atomic mass is 32.1. The Morgan fingerprint density at radius 2 is 2.25 bits per heavy atom.